The molecule has 0 saturated carbocycles. The maximum absolute atomic E-state index is 11.3. The van der Waals surface area contributed by atoms with Crippen LogP contribution in [0.15, 0.2) is 22.8 Å². The lowest BCUT2D eigenvalue weighted by molar-refractivity contribution is 0.0525. The van der Waals surface area contributed by atoms with Crippen molar-refractivity contribution in [2.75, 3.05) is 13.2 Å². The lowest BCUT2D eigenvalue weighted by atomic mass is 10.2. The van der Waals surface area contributed by atoms with Gasteiger partial charge in [0, 0.05) is 23.3 Å². The molecule has 1 aromatic heterocycles. The maximum atomic E-state index is 11.3. The molecule has 0 radical (unpaired) electrons. The molecule has 0 bridgehead atoms. The average Bonchev–Trinajstić information content (AvgIpc) is 2.29. The molecule has 0 aliphatic carbocycles. The van der Waals surface area contributed by atoms with Gasteiger partial charge in [-0.1, -0.05) is 0 Å². The number of carbonyl (C=O) groups excluding carboxylic acids is 1. The Morgan fingerprint density at radius 2 is 2.16 bits per heavy atom. The molecule has 0 aliphatic heterocycles. The molecule has 0 aliphatic rings. The molecular weight excluding hydrogens is 312 g/mol. The topological polar surface area (TPSA) is 60.5 Å². The van der Waals surface area contributed by atoms with Crippen LogP contribution in [0.3, 0.4) is 0 Å². The van der Waals surface area contributed by atoms with Gasteiger partial charge in [0.05, 0.1) is 6.61 Å². The molecule has 0 atom stereocenters. The van der Waals surface area contributed by atoms with Crippen LogP contribution < -0.4 is 10.1 Å². The predicted octanol–water partition coefficient (Wildman–Crippen LogP) is 3.14. The Bertz CT molecular complexity index is 401. The van der Waals surface area contributed by atoms with Gasteiger partial charge in [-0.15, -0.1) is 0 Å². The summed E-state index contributed by atoms with van der Waals surface area (Å²) in [5, 5.41) is 2.67. The summed E-state index contributed by atoms with van der Waals surface area (Å²) in [5.41, 5.74) is -0.470. The SMILES string of the molecule is CC(C)(C)OC(=O)NCCCOc1ccc(Br)cn1. The summed E-state index contributed by atoms with van der Waals surface area (Å²) in [7, 11) is 0. The van der Waals surface area contributed by atoms with Crippen LogP contribution in [-0.2, 0) is 4.74 Å². The molecule has 1 amide bonds. The Balaban J connectivity index is 2.11. The first kappa shape index (κ1) is 15.8. The zero-order chi connectivity index (χ0) is 14.3. The van der Waals surface area contributed by atoms with Gasteiger partial charge in [0.15, 0.2) is 0 Å². The van der Waals surface area contributed by atoms with Gasteiger partial charge in [0.1, 0.15) is 5.60 Å². The molecule has 0 saturated heterocycles. The lowest BCUT2D eigenvalue weighted by Crippen LogP contribution is -2.33. The summed E-state index contributed by atoms with van der Waals surface area (Å²) < 4.78 is 11.4. The molecule has 0 aromatic carbocycles. The number of amides is 1. The van der Waals surface area contributed by atoms with Crippen molar-refractivity contribution in [1.29, 1.82) is 0 Å². The fourth-order valence-corrected chi connectivity index (χ4v) is 1.44. The van der Waals surface area contributed by atoms with E-state index in [1.54, 1.807) is 12.3 Å². The van der Waals surface area contributed by atoms with Gasteiger partial charge in [0.2, 0.25) is 5.88 Å². The summed E-state index contributed by atoms with van der Waals surface area (Å²) in [5.74, 6) is 0.570. The minimum atomic E-state index is -0.470. The Kier molecular flexibility index (Phi) is 6.08. The molecule has 1 aromatic rings. The molecule has 1 rings (SSSR count). The number of halogens is 1. The largest absolute Gasteiger partial charge is 0.478 e. The van der Waals surface area contributed by atoms with Gasteiger partial charge in [-0.05, 0) is 49.2 Å². The van der Waals surface area contributed by atoms with Crippen LogP contribution >= 0.6 is 15.9 Å². The van der Waals surface area contributed by atoms with E-state index in [4.69, 9.17) is 9.47 Å². The molecule has 0 spiro atoms. The smallest absolute Gasteiger partial charge is 0.407 e. The molecule has 0 fully saturated rings. The number of pyridine rings is 1. The van der Waals surface area contributed by atoms with Crippen LogP contribution in [0.2, 0.25) is 0 Å². The van der Waals surface area contributed by atoms with Crippen LogP contribution in [0.1, 0.15) is 27.2 Å². The Morgan fingerprint density at radius 1 is 1.42 bits per heavy atom. The van der Waals surface area contributed by atoms with Gasteiger partial charge in [-0.3, -0.25) is 0 Å². The van der Waals surface area contributed by atoms with E-state index in [1.807, 2.05) is 26.8 Å². The fourth-order valence-electron chi connectivity index (χ4n) is 1.20. The van der Waals surface area contributed by atoms with E-state index in [1.165, 1.54) is 0 Å². The van der Waals surface area contributed by atoms with E-state index in [9.17, 15) is 4.79 Å². The van der Waals surface area contributed by atoms with E-state index in [0.29, 0.717) is 25.5 Å². The highest BCUT2D eigenvalue weighted by atomic mass is 79.9. The normalized spacial score (nSPS) is 10.9. The number of rotatable bonds is 5. The summed E-state index contributed by atoms with van der Waals surface area (Å²) >= 11 is 3.30. The van der Waals surface area contributed by atoms with E-state index >= 15 is 0 Å². The second-order valence-corrected chi connectivity index (χ2v) is 5.86. The minimum Gasteiger partial charge on any atom is -0.478 e. The summed E-state index contributed by atoms with van der Waals surface area (Å²) in [6, 6.07) is 3.65. The van der Waals surface area contributed by atoms with Gasteiger partial charge < -0.3 is 14.8 Å². The number of aromatic nitrogens is 1. The second kappa shape index (κ2) is 7.33. The van der Waals surface area contributed by atoms with Crippen molar-refractivity contribution < 1.29 is 14.3 Å². The average molecular weight is 331 g/mol. The highest BCUT2D eigenvalue weighted by molar-refractivity contribution is 9.10. The van der Waals surface area contributed by atoms with Crippen LogP contribution in [-0.4, -0.2) is 29.8 Å². The lowest BCUT2D eigenvalue weighted by Gasteiger charge is -2.19. The number of nitrogens with one attached hydrogen (secondary N) is 1. The van der Waals surface area contributed by atoms with Crippen molar-refractivity contribution in [3.63, 3.8) is 0 Å². The van der Waals surface area contributed by atoms with Gasteiger partial charge >= 0.3 is 6.09 Å². The number of hydrogen-bond donors (Lipinski definition) is 1. The van der Waals surface area contributed by atoms with E-state index < -0.39 is 11.7 Å². The van der Waals surface area contributed by atoms with Crippen LogP contribution in [0.4, 0.5) is 4.79 Å². The minimum absolute atomic E-state index is 0.408. The van der Waals surface area contributed by atoms with Crippen molar-refractivity contribution in [3.8, 4) is 5.88 Å². The fraction of sp³-hybridized carbons (Fsp3) is 0.538. The molecule has 5 nitrogen and oxygen atoms in total. The van der Waals surface area contributed by atoms with Crippen LogP contribution in [0, 0.1) is 0 Å². The van der Waals surface area contributed by atoms with Crippen molar-refractivity contribution in [1.82, 2.24) is 10.3 Å². The van der Waals surface area contributed by atoms with Crippen molar-refractivity contribution >= 4 is 22.0 Å². The summed E-state index contributed by atoms with van der Waals surface area (Å²) in [6.07, 6.45) is 1.96. The quantitative estimate of drug-likeness (QED) is 0.842. The zero-order valence-electron chi connectivity index (χ0n) is 11.4. The number of alkyl carbamates (subject to hydrolysis) is 1. The van der Waals surface area contributed by atoms with Crippen molar-refractivity contribution in [3.05, 3.63) is 22.8 Å². The molecule has 1 heterocycles. The second-order valence-electron chi connectivity index (χ2n) is 4.95. The van der Waals surface area contributed by atoms with Crippen molar-refractivity contribution in [2.45, 2.75) is 32.8 Å². The van der Waals surface area contributed by atoms with E-state index in [-0.39, 0.29) is 0 Å². The third-order valence-electron chi connectivity index (χ3n) is 1.94. The Hall–Kier alpha value is -1.30. The van der Waals surface area contributed by atoms with Gasteiger partial charge in [-0.25, -0.2) is 9.78 Å². The number of hydrogen-bond acceptors (Lipinski definition) is 4. The molecule has 1 N–H and O–H groups in total. The molecule has 0 unspecified atom stereocenters. The van der Waals surface area contributed by atoms with E-state index in [2.05, 4.69) is 26.2 Å². The third kappa shape index (κ3) is 7.66. The van der Waals surface area contributed by atoms with Crippen molar-refractivity contribution in [2.24, 2.45) is 0 Å². The summed E-state index contributed by atoms with van der Waals surface area (Å²) in [6.45, 7) is 6.48. The predicted molar refractivity (Wildman–Crippen MR) is 76.3 cm³/mol. The monoisotopic (exact) mass is 330 g/mol. The highest BCUT2D eigenvalue weighted by Gasteiger charge is 2.15. The highest BCUT2D eigenvalue weighted by Crippen LogP contribution is 2.12. The number of nitrogens with zero attached hydrogens (tertiary/aromatic N) is 1. The molecule has 106 valence electrons. The first-order valence-corrected chi connectivity index (χ1v) is 6.87. The van der Waals surface area contributed by atoms with Crippen LogP contribution in [0.5, 0.6) is 5.88 Å². The molecule has 19 heavy (non-hydrogen) atoms. The molecule has 6 heteroatoms. The Labute approximate surface area is 121 Å². The third-order valence-corrected chi connectivity index (χ3v) is 2.41. The van der Waals surface area contributed by atoms with E-state index in [0.717, 1.165) is 4.47 Å². The first-order valence-electron chi connectivity index (χ1n) is 6.08. The molecular formula is C13H19BrN2O3. The number of ether oxygens (including phenoxy) is 2. The van der Waals surface area contributed by atoms with Crippen LogP contribution in [0.25, 0.3) is 0 Å². The van der Waals surface area contributed by atoms with Gasteiger partial charge in [0.25, 0.3) is 0 Å². The first-order chi connectivity index (χ1) is 8.87. The standard InChI is InChI=1S/C13H19BrN2O3/c1-13(2,3)19-12(17)15-7-4-8-18-11-6-5-10(14)9-16-11/h5-6,9H,4,7-8H2,1-3H3,(H,15,17). The maximum Gasteiger partial charge on any atom is 0.407 e. The summed E-state index contributed by atoms with van der Waals surface area (Å²) in [4.78, 5) is 15.4. The Morgan fingerprint density at radius 3 is 2.74 bits per heavy atom. The number of carbonyl (C=O) groups is 1. The zero-order valence-corrected chi connectivity index (χ0v) is 13.0. The van der Waals surface area contributed by atoms with Gasteiger partial charge in [-0.2, -0.15) is 0 Å².